The molecule has 0 radical (unpaired) electrons. The molecular formula is C25H42IN5O2. The Morgan fingerprint density at radius 3 is 2.70 bits per heavy atom. The average Bonchev–Trinajstić information content (AvgIpc) is 3.51. The number of halogens is 1. The first-order valence-electron chi connectivity index (χ1n) is 12.6. The summed E-state index contributed by atoms with van der Waals surface area (Å²) in [5, 5.41) is 7.11. The first kappa shape index (κ1) is 26.5. The zero-order chi connectivity index (χ0) is 22.0. The van der Waals surface area contributed by atoms with Crippen LogP contribution >= 0.6 is 24.0 Å². The van der Waals surface area contributed by atoms with Crippen LogP contribution in [0.15, 0.2) is 29.3 Å². The predicted octanol–water partition coefficient (Wildman–Crippen LogP) is 3.09. The number of guanidine groups is 1. The molecule has 4 rings (SSSR count). The van der Waals surface area contributed by atoms with Crippen molar-refractivity contribution in [2.24, 2.45) is 4.99 Å². The van der Waals surface area contributed by atoms with E-state index in [0.717, 1.165) is 69.3 Å². The van der Waals surface area contributed by atoms with E-state index in [4.69, 9.17) is 14.5 Å². The summed E-state index contributed by atoms with van der Waals surface area (Å²) in [6.45, 7) is 11.2. The lowest BCUT2D eigenvalue weighted by Gasteiger charge is -2.26. The molecule has 0 bridgehead atoms. The molecule has 2 N–H and O–H groups in total. The van der Waals surface area contributed by atoms with Gasteiger partial charge in [-0.2, -0.15) is 0 Å². The van der Waals surface area contributed by atoms with E-state index in [0.29, 0.717) is 19.2 Å². The standard InChI is InChI=1S/C25H41N5O2.HI/c1-2-26-25(28-22-11-12-30(20-22)23-8-4-5-9-23)27-19-21-7-3-6-10-24(21)32-18-15-29-13-16-31-17-14-29;/h3,6-7,10,22-23H,2,4-5,8-9,11-20H2,1H3,(H2,26,27,28);1H. The zero-order valence-electron chi connectivity index (χ0n) is 20.1. The van der Waals surface area contributed by atoms with Crippen molar-refractivity contribution in [3.8, 4) is 5.75 Å². The van der Waals surface area contributed by atoms with Gasteiger partial charge in [-0.05, 0) is 32.3 Å². The van der Waals surface area contributed by atoms with Gasteiger partial charge in [0.2, 0.25) is 0 Å². The molecule has 33 heavy (non-hydrogen) atoms. The van der Waals surface area contributed by atoms with Gasteiger partial charge in [0, 0.05) is 56.9 Å². The summed E-state index contributed by atoms with van der Waals surface area (Å²) < 4.78 is 11.6. The minimum Gasteiger partial charge on any atom is -0.492 e. The highest BCUT2D eigenvalue weighted by Crippen LogP contribution is 2.26. The Balaban J connectivity index is 0.00000306. The van der Waals surface area contributed by atoms with Crippen LogP contribution in [0.5, 0.6) is 5.75 Å². The van der Waals surface area contributed by atoms with E-state index >= 15 is 0 Å². The Morgan fingerprint density at radius 2 is 1.91 bits per heavy atom. The van der Waals surface area contributed by atoms with Crippen molar-refractivity contribution in [2.45, 2.75) is 57.7 Å². The molecule has 3 aliphatic rings. The predicted molar refractivity (Wildman–Crippen MR) is 145 cm³/mol. The van der Waals surface area contributed by atoms with Crippen LogP contribution in [0.1, 0.15) is 44.6 Å². The van der Waals surface area contributed by atoms with E-state index in [1.807, 2.05) is 6.07 Å². The second-order valence-corrected chi connectivity index (χ2v) is 9.17. The number of likely N-dealkylation sites (tertiary alicyclic amines) is 1. The molecule has 0 aromatic heterocycles. The van der Waals surface area contributed by atoms with Crippen LogP contribution in [0.25, 0.3) is 0 Å². The van der Waals surface area contributed by atoms with E-state index < -0.39 is 0 Å². The maximum Gasteiger partial charge on any atom is 0.191 e. The molecule has 7 nitrogen and oxygen atoms in total. The number of nitrogens with zero attached hydrogens (tertiary/aromatic N) is 3. The third-order valence-corrected chi connectivity index (χ3v) is 6.89. The van der Waals surface area contributed by atoms with Crippen molar-refractivity contribution < 1.29 is 9.47 Å². The zero-order valence-corrected chi connectivity index (χ0v) is 22.5. The molecule has 2 heterocycles. The first-order chi connectivity index (χ1) is 15.8. The summed E-state index contributed by atoms with van der Waals surface area (Å²) in [5.41, 5.74) is 1.13. The van der Waals surface area contributed by atoms with Crippen LogP contribution in [0.4, 0.5) is 0 Å². The third-order valence-electron chi connectivity index (χ3n) is 6.89. The number of hydrogen-bond donors (Lipinski definition) is 2. The van der Waals surface area contributed by atoms with Crippen molar-refractivity contribution in [2.75, 3.05) is 59.1 Å². The fraction of sp³-hybridized carbons (Fsp3) is 0.720. The van der Waals surface area contributed by atoms with Crippen molar-refractivity contribution in [1.29, 1.82) is 0 Å². The Hall–Kier alpha value is -1.10. The fourth-order valence-electron chi connectivity index (χ4n) is 5.07. The monoisotopic (exact) mass is 571 g/mol. The Kier molecular flexibility index (Phi) is 11.5. The Labute approximate surface area is 216 Å². The number of nitrogens with one attached hydrogen (secondary N) is 2. The van der Waals surface area contributed by atoms with Gasteiger partial charge in [0.1, 0.15) is 12.4 Å². The molecule has 0 spiro atoms. The van der Waals surface area contributed by atoms with Crippen LogP contribution in [0.3, 0.4) is 0 Å². The number of aliphatic imine (C=N–C) groups is 1. The number of hydrogen-bond acceptors (Lipinski definition) is 5. The summed E-state index contributed by atoms with van der Waals surface area (Å²) in [4.78, 5) is 9.98. The fourth-order valence-corrected chi connectivity index (χ4v) is 5.07. The van der Waals surface area contributed by atoms with Crippen LogP contribution in [0.2, 0.25) is 0 Å². The smallest absolute Gasteiger partial charge is 0.191 e. The maximum atomic E-state index is 6.14. The Bertz CT molecular complexity index is 723. The molecule has 8 heteroatoms. The lowest BCUT2D eigenvalue weighted by atomic mass is 10.2. The van der Waals surface area contributed by atoms with Crippen LogP contribution in [0, 0.1) is 0 Å². The van der Waals surface area contributed by atoms with E-state index in [-0.39, 0.29) is 24.0 Å². The second-order valence-electron chi connectivity index (χ2n) is 9.17. The molecule has 1 aromatic carbocycles. The van der Waals surface area contributed by atoms with E-state index in [2.05, 4.69) is 45.6 Å². The van der Waals surface area contributed by atoms with Crippen LogP contribution in [-0.2, 0) is 11.3 Å². The molecule has 1 aliphatic carbocycles. The minimum absolute atomic E-state index is 0. The largest absolute Gasteiger partial charge is 0.492 e. The number of para-hydroxylation sites is 1. The number of morpholine rings is 1. The van der Waals surface area contributed by atoms with Crippen molar-refractivity contribution in [3.05, 3.63) is 29.8 Å². The van der Waals surface area contributed by atoms with Gasteiger partial charge >= 0.3 is 0 Å². The maximum absolute atomic E-state index is 6.14. The molecule has 1 aromatic rings. The number of benzene rings is 1. The topological polar surface area (TPSA) is 61.4 Å². The molecule has 3 fully saturated rings. The molecule has 2 aliphatic heterocycles. The van der Waals surface area contributed by atoms with Crippen molar-refractivity contribution in [1.82, 2.24) is 20.4 Å². The van der Waals surface area contributed by atoms with E-state index in [1.54, 1.807) is 0 Å². The second kappa shape index (κ2) is 14.3. The lowest BCUT2D eigenvalue weighted by Crippen LogP contribution is -2.45. The molecule has 1 unspecified atom stereocenters. The van der Waals surface area contributed by atoms with E-state index in [1.165, 1.54) is 38.6 Å². The highest BCUT2D eigenvalue weighted by molar-refractivity contribution is 14.0. The lowest BCUT2D eigenvalue weighted by molar-refractivity contribution is 0.0322. The quantitative estimate of drug-likeness (QED) is 0.270. The van der Waals surface area contributed by atoms with Crippen LogP contribution < -0.4 is 15.4 Å². The highest BCUT2D eigenvalue weighted by atomic mass is 127. The normalized spacial score (nSPS) is 22.8. The van der Waals surface area contributed by atoms with Gasteiger partial charge < -0.3 is 20.1 Å². The summed E-state index contributed by atoms with van der Waals surface area (Å²) in [6, 6.07) is 9.57. The molecule has 1 saturated carbocycles. The molecule has 2 saturated heterocycles. The average molecular weight is 572 g/mol. The van der Waals surface area contributed by atoms with Gasteiger partial charge in [-0.15, -0.1) is 24.0 Å². The minimum atomic E-state index is 0. The molecule has 186 valence electrons. The third kappa shape index (κ3) is 8.26. The SMILES string of the molecule is CCNC(=NCc1ccccc1OCCN1CCOCC1)NC1CCN(C2CCCC2)C1.I. The summed E-state index contributed by atoms with van der Waals surface area (Å²) in [6.07, 6.45) is 6.75. The van der Waals surface area contributed by atoms with Gasteiger partial charge in [0.15, 0.2) is 5.96 Å². The molecular weight excluding hydrogens is 529 g/mol. The van der Waals surface area contributed by atoms with Crippen molar-refractivity contribution in [3.63, 3.8) is 0 Å². The molecule has 0 amide bonds. The summed E-state index contributed by atoms with van der Waals surface area (Å²) in [5.74, 6) is 1.85. The highest BCUT2D eigenvalue weighted by Gasteiger charge is 2.30. The Morgan fingerprint density at radius 1 is 1.12 bits per heavy atom. The molecule has 1 atom stereocenters. The van der Waals surface area contributed by atoms with Crippen LogP contribution in [-0.4, -0.2) is 86.9 Å². The van der Waals surface area contributed by atoms with Gasteiger partial charge in [-0.3, -0.25) is 9.80 Å². The summed E-state index contributed by atoms with van der Waals surface area (Å²) >= 11 is 0. The van der Waals surface area contributed by atoms with Crippen molar-refractivity contribution >= 4 is 29.9 Å². The number of ether oxygens (including phenoxy) is 2. The van der Waals surface area contributed by atoms with Gasteiger partial charge in [-0.1, -0.05) is 31.0 Å². The number of rotatable bonds is 9. The van der Waals surface area contributed by atoms with E-state index in [9.17, 15) is 0 Å². The van der Waals surface area contributed by atoms with Gasteiger partial charge in [0.25, 0.3) is 0 Å². The first-order valence-corrected chi connectivity index (χ1v) is 12.6. The summed E-state index contributed by atoms with van der Waals surface area (Å²) in [7, 11) is 0. The van der Waals surface area contributed by atoms with Gasteiger partial charge in [0.05, 0.1) is 19.8 Å². The van der Waals surface area contributed by atoms with Gasteiger partial charge in [-0.25, -0.2) is 4.99 Å².